The Bertz CT molecular complexity index is 888. The van der Waals surface area contributed by atoms with Crippen molar-refractivity contribution < 1.29 is 9.59 Å². The molecule has 1 aromatic rings. The third-order valence-electron chi connectivity index (χ3n) is 7.10. The number of halogens is 1. The number of nitrogens with zero attached hydrogens (tertiary/aromatic N) is 2. The summed E-state index contributed by atoms with van der Waals surface area (Å²) in [5.74, 6) is 1.23. The Labute approximate surface area is 211 Å². The molecule has 32 heavy (non-hydrogen) atoms. The van der Waals surface area contributed by atoms with Gasteiger partial charge in [-0.3, -0.25) is 19.5 Å². The van der Waals surface area contributed by atoms with Gasteiger partial charge in [-0.1, -0.05) is 30.4 Å². The summed E-state index contributed by atoms with van der Waals surface area (Å²) >= 11 is 1.94. The van der Waals surface area contributed by atoms with Crippen molar-refractivity contribution in [1.29, 1.82) is 0 Å². The summed E-state index contributed by atoms with van der Waals surface area (Å²) in [7, 11) is 1.77. The van der Waals surface area contributed by atoms with Crippen molar-refractivity contribution in [2.24, 2.45) is 28.7 Å². The summed E-state index contributed by atoms with van der Waals surface area (Å²) < 4.78 is 0.249. The summed E-state index contributed by atoms with van der Waals surface area (Å²) in [5.41, 5.74) is 0. The predicted octanol–water partition coefficient (Wildman–Crippen LogP) is 3.29. The van der Waals surface area contributed by atoms with E-state index >= 15 is 0 Å². The van der Waals surface area contributed by atoms with E-state index in [-0.39, 0.29) is 64.2 Å². The highest BCUT2D eigenvalue weighted by Crippen LogP contribution is 2.52. The fourth-order valence-electron chi connectivity index (χ4n) is 5.29. The first-order valence-electron chi connectivity index (χ1n) is 11.3. The number of hydrogen-bond donors (Lipinski definition) is 2. The first-order chi connectivity index (χ1) is 15.1. The number of rotatable bonds is 8. The number of nitrogens with one attached hydrogen (secondary N) is 2. The molecule has 2 bridgehead atoms. The van der Waals surface area contributed by atoms with Crippen LogP contribution in [0, 0.1) is 23.7 Å². The van der Waals surface area contributed by atoms with Gasteiger partial charge in [0.25, 0.3) is 0 Å². The Balaban J connectivity index is 0.00000245. The van der Waals surface area contributed by atoms with Gasteiger partial charge >= 0.3 is 0 Å². The lowest BCUT2D eigenvalue weighted by Crippen LogP contribution is -2.42. The van der Waals surface area contributed by atoms with Crippen LogP contribution < -0.4 is 10.6 Å². The van der Waals surface area contributed by atoms with Crippen LogP contribution in [0.4, 0.5) is 0 Å². The topological polar surface area (TPSA) is 73.8 Å². The first-order valence-corrected chi connectivity index (χ1v) is 12.1. The first kappa shape index (κ1) is 23.6. The number of guanidine groups is 1. The zero-order valence-corrected chi connectivity index (χ0v) is 21.5. The van der Waals surface area contributed by atoms with Gasteiger partial charge in [0, 0.05) is 36.3 Å². The van der Waals surface area contributed by atoms with Crippen molar-refractivity contribution >= 4 is 53.5 Å². The van der Waals surface area contributed by atoms with Gasteiger partial charge in [0.2, 0.25) is 11.8 Å². The molecule has 4 unspecified atom stereocenters. The van der Waals surface area contributed by atoms with Crippen LogP contribution >= 0.6 is 35.7 Å². The van der Waals surface area contributed by atoms with E-state index in [0.717, 1.165) is 25.3 Å². The number of imide groups is 1. The van der Waals surface area contributed by atoms with Gasteiger partial charge in [-0.15, -0.1) is 35.7 Å². The molecule has 2 amide bonds. The molecule has 1 heterocycles. The molecule has 0 aromatic heterocycles. The van der Waals surface area contributed by atoms with Crippen LogP contribution in [-0.4, -0.2) is 54.1 Å². The number of carbonyl (C=O) groups is 2. The summed E-state index contributed by atoms with van der Waals surface area (Å²) in [6, 6.07) is 10.5. The molecule has 4 aliphatic rings. The van der Waals surface area contributed by atoms with Crippen LogP contribution in [0.5, 0.6) is 0 Å². The number of hydrogen-bond acceptors (Lipinski definition) is 4. The molecular weight excluding hydrogens is 535 g/mol. The highest BCUT2D eigenvalue weighted by Gasteiger charge is 2.58. The second-order valence-electron chi connectivity index (χ2n) is 9.13. The van der Waals surface area contributed by atoms with Crippen molar-refractivity contribution in [3.05, 3.63) is 42.5 Å². The van der Waals surface area contributed by atoms with E-state index in [1.54, 1.807) is 7.05 Å². The second-order valence-corrected chi connectivity index (χ2v) is 10.7. The predicted molar refractivity (Wildman–Crippen MR) is 138 cm³/mol. The molecule has 1 saturated heterocycles. The van der Waals surface area contributed by atoms with Crippen LogP contribution in [0.2, 0.25) is 0 Å². The molecule has 1 aromatic carbocycles. The van der Waals surface area contributed by atoms with Gasteiger partial charge in [-0.2, -0.15) is 0 Å². The number of fused-ring (bicyclic) bond motifs is 5. The number of aliphatic imine (C=N–C) groups is 1. The van der Waals surface area contributed by atoms with Gasteiger partial charge in [-0.25, -0.2) is 0 Å². The molecule has 3 fully saturated rings. The maximum absolute atomic E-state index is 12.8. The van der Waals surface area contributed by atoms with E-state index in [4.69, 9.17) is 0 Å². The van der Waals surface area contributed by atoms with Gasteiger partial charge in [0.15, 0.2) is 5.96 Å². The van der Waals surface area contributed by atoms with E-state index in [9.17, 15) is 9.59 Å². The van der Waals surface area contributed by atoms with Crippen molar-refractivity contribution in [3.63, 3.8) is 0 Å². The Morgan fingerprint density at radius 3 is 2.34 bits per heavy atom. The monoisotopic (exact) mass is 566 g/mol. The largest absolute Gasteiger partial charge is 0.356 e. The van der Waals surface area contributed by atoms with E-state index in [1.807, 2.05) is 17.8 Å². The van der Waals surface area contributed by atoms with Crippen molar-refractivity contribution in [2.45, 2.75) is 35.3 Å². The Morgan fingerprint density at radius 1 is 1.09 bits per heavy atom. The van der Waals surface area contributed by atoms with E-state index in [0.29, 0.717) is 13.1 Å². The lowest BCUT2D eigenvalue weighted by atomic mass is 9.85. The van der Waals surface area contributed by atoms with Crippen LogP contribution in [0.1, 0.15) is 25.7 Å². The highest BCUT2D eigenvalue weighted by atomic mass is 127. The molecule has 3 aliphatic carbocycles. The SMILES string of the molecule is CN=C(NCCCN1C(=O)C2C3C=CC(C3)C2C1=O)NCC1(Sc2ccccc2)CC1.I. The van der Waals surface area contributed by atoms with E-state index in [2.05, 4.69) is 52.0 Å². The summed E-state index contributed by atoms with van der Waals surface area (Å²) in [4.78, 5) is 32.6. The van der Waals surface area contributed by atoms with E-state index in [1.165, 1.54) is 22.6 Å². The average Bonchev–Trinajstić information content (AvgIpc) is 3.12. The second kappa shape index (κ2) is 9.75. The molecule has 5 rings (SSSR count). The van der Waals surface area contributed by atoms with Crippen molar-refractivity contribution in [3.8, 4) is 0 Å². The van der Waals surface area contributed by atoms with Crippen LogP contribution in [0.25, 0.3) is 0 Å². The van der Waals surface area contributed by atoms with Crippen LogP contribution in [0.3, 0.4) is 0 Å². The number of allylic oxidation sites excluding steroid dienone is 2. The highest BCUT2D eigenvalue weighted by molar-refractivity contribution is 14.0. The molecule has 6 nitrogen and oxygen atoms in total. The number of benzene rings is 1. The normalized spacial score (nSPS) is 29.2. The smallest absolute Gasteiger partial charge is 0.233 e. The number of thioether (sulfide) groups is 1. The Kier molecular flexibility index (Phi) is 7.19. The quantitative estimate of drug-likeness (QED) is 0.126. The fraction of sp³-hybridized carbons (Fsp3) is 0.542. The molecule has 4 atom stereocenters. The van der Waals surface area contributed by atoms with E-state index < -0.39 is 0 Å². The molecule has 1 aliphatic heterocycles. The minimum atomic E-state index is -0.0956. The van der Waals surface area contributed by atoms with Crippen molar-refractivity contribution in [2.75, 3.05) is 26.7 Å². The Hall–Kier alpha value is -1.55. The minimum Gasteiger partial charge on any atom is -0.356 e. The van der Waals surface area contributed by atoms with Gasteiger partial charge in [-0.05, 0) is 49.7 Å². The van der Waals surface area contributed by atoms with Crippen LogP contribution in [-0.2, 0) is 9.59 Å². The molecule has 172 valence electrons. The number of carbonyl (C=O) groups excluding carboxylic acids is 2. The third kappa shape index (κ3) is 4.58. The number of amides is 2. The number of likely N-dealkylation sites (tertiary alicyclic amines) is 1. The molecule has 2 saturated carbocycles. The maximum atomic E-state index is 12.8. The van der Waals surface area contributed by atoms with Crippen molar-refractivity contribution in [1.82, 2.24) is 15.5 Å². The summed E-state index contributed by atoms with van der Waals surface area (Å²) in [6.45, 7) is 2.03. The lowest BCUT2D eigenvalue weighted by Gasteiger charge is -2.19. The molecule has 8 heteroatoms. The van der Waals surface area contributed by atoms with Gasteiger partial charge in [0.1, 0.15) is 0 Å². The molecule has 0 radical (unpaired) electrons. The lowest BCUT2D eigenvalue weighted by molar-refractivity contribution is -0.140. The third-order valence-corrected chi connectivity index (χ3v) is 8.59. The zero-order valence-electron chi connectivity index (χ0n) is 18.3. The zero-order chi connectivity index (χ0) is 21.4. The summed E-state index contributed by atoms with van der Waals surface area (Å²) in [5, 5.41) is 6.79. The van der Waals surface area contributed by atoms with Gasteiger partial charge in [0.05, 0.1) is 11.8 Å². The molecule has 0 spiro atoms. The standard InChI is InChI=1S/C24H30N4O2S.HI/c1-25-23(27-15-24(10-11-24)31-18-6-3-2-4-7-18)26-12-5-13-28-21(29)19-16-8-9-17(14-16)20(19)22(28)30;/h2-4,6-9,16-17,19-20H,5,10-15H2,1H3,(H2,25,26,27);1H. The average molecular weight is 567 g/mol. The van der Waals surface area contributed by atoms with Gasteiger partial charge < -0.3 is 10.6 Å². The minimum absolute atomic E-state index is 0. The maximum Gasteiger partial charge on any atom is 0.233 e. The fourth-order valence-corrected chi connectivity index (χ4v) is 6.53. The Morgan fingerprint density at radius 2 is 1.75 bits per heavy atom. The molecular formula is C24H31IN4O2S. The molecule has 2 N–H and O–H groups in total. The summed E-state index contributed by atoms with van der Waals surface area (Å²) in [6.07, 6.45) is 8.39. The van der Waals surface area contributed by atoms with Crippen LogP contribution in [0.15, 0.2) is 52.4 Å².